The van der Waals surface area contributed by atoms with Gasteiger partial charge in [-0.15, -0.1) is 0 Å². The van der Waals surface area contributed by atoms with E-state index in [1.807, 2.05) is 6.92 Å². The highest BCUT2D eigenvalue weighted by Crippen LogP contribution is 2.07. The zero-order chi connectivity index (χ0) is 9.56. The molecule has 2 heteroatoms. The maximum atomic E-state index is 9.14. The minimum absolute atomic E-state index is 0.0377. The van der Waals surface area contributed by atoms with E-state index in [0.717, 1.165) is 6.61 Å². The third kappa shape index (κ3) is 5.56. The van der Waals surface area contributed by atoms with E-state index >= 15 is 0 Å². The molecular formula is C10H22O2. The summed E-state index contributed by atoms with van der Waals surface area (Å²) in [6.45, 7) is 8.78. The Morgan fingerprint density at radius 1 is 1.25 bits per heavy atom. The largest absolute Gasteiger partial charge is 0.391 e. The van der Waals surface area contributed by atoms with E-state index in [9.17, 15) is 0 Å². The van der Waals surface area contributed by atoms with Crippen LogP contribution in [0.1, 0.15) is 40.5 Å². The van der Waals surface area contributed by atoms with Gasteiger partial charge < -0.3 is 9.84 Å². The summed E-state index contributed by atoms with van der Waals surface area (Å²) in [5.41, 5.74) is 0. The smallest absolute Gasteiger partial charge is 0.0803 e. The molecule has 0 aromatic rings. The Labute approximate surface area is 75.9 Å². The fourth-order valence-electron chi connectivity index (χ4n) is 1.03. The summed E-state index contributed by atoms with van der Waals surface area (Å²) in [6.07, 6.45) is 2.00. The van der Waals surface area contributed by atoms with E-state index in [1.165, 1.54) is 12.8 Å². The average Bonchev–Trinajstić information content (AvgIpc) is 2.00. The first-order valence-electron chi connectivity index (χ1n) is 4.87. The topological polar surface area (TPSA) is 29.5 Å². The Morgan fingerprint density at radius 3 is 2.25 bits per heavy atom. The van der Waals surface area contributed by atoms with Crippen LogP contribution in [0.25, 0.3) is 0 Å². The molecule has 0 fully saturated rings. The van der Waals surface area contributed by atoms with Crippen LogP contribution in [0.3, 0.4) is 0 Å². The van der Waals surface area contributed by atoms with Gasteiger partial charge in [0.2, 0.25) is 0 Å². The van der Waals surface area contributed by atoms with E-state index in [2.05, 4.69) is 13.8 Å². The van der Waals surface area contributed by atoms with E-state index in [1.54, 1.807) is 6.92 Å². The van der Waals surface area contributed by atoms with Gasteiger partial charge in [0.05, 0.1) is 12.2 Å². The first kappa shape index (κ1) is 11.9. The molecule has 0 aliphatic rings. The highest BCUT2D eigenvalue weighted by Gasteiger charge is 2.10. The predicted octanol–water partition coefficient (Wildman–Crippen LogP) is 2.21. The van der Waals surface area contributed by atoms with Crippen LogP contribution in [0.5, 0.6) is 0 Å². The molecule has 0 aliphatic carbocycles. The molecule has 12 heavy (non-hydrogen) atoms. The molecule has 0 saturated heterocycles. The van der Waals surface area contributed by atoms with Crippen LogP contribution in [-0.4, -0.2) is 23.9 Å². The monoisotopic (exact) mass is 174 g/mol. The van der Waals surface area contributed by atoms with Crippen LogP contribution in [-0.2, 0) is 4.74 Å². The van der Waals surface area contributed by atoms with Crippen LogP contribution in [0.15, 0.2) is 0 Å². The lowest BCUT2D eigenvalue weighted by atomic mass is 10.1. The van der Waals surface area contributed by atoms with Crippen molar-refractivity contribution in [1.82, 2.24) is 0 Å². The van der Waals surface area contributed by atoms with Crippen LogP contribution in [0.4, 0.5) is 0 Å². The van der Waals surface area contributed by atoms with Crippen molar-refractivity contribution < 1.29 is 9.84 Å². The molecule has 0 aromatic carbocycles. The summed E-state index contributed by atoms with van der Waals surface area (Å²) in [6, 6.07) is 0. The molecule has 3 atom stereocenters. The zero-order valence-corrected chi connectivity index (χ0v) is 8.71. The first-order valence-corrected chi connectivity index (χ1v) is 4.87. The van der Waals surface area contributed by atoms with Crippen LogP contribution in [0.2, 0.25) is 0 Å². The first-order chi connectivity index (χ1) is 5.57. The van der Waals surface area contributed by atoms with Gasteiger partial charge in [0, 0.05) is 6.61 Å². The highest BCUT2D eigenvalue weighted by atomic mass is 16.5. The second-order valence-electron chi connectivity index (χ2n) is 3.67. The molecule has 0 spiro atoms. The lowest BCUT2D eigenvalue weighted by Gasteiger charge is -2.18. The molecule has 2 unspecified atom stereocenters. The van der Waals surface area contributed by atoms with Crippen LogP contribution < -0.4 is 0 Å². The summed E-state index contributed by atoms with van der Waals surface area (Å²) in [4.78, 5) is 0. The van der Waals surface area contributed by atoms with Crippen molar-refractivity contribution in [3.05, 3.63) is 0 Å². The summed E-state index contributed by atoms with van der Waals surface area (Å²) < 4.78 is 5.47. The molecule has 0 saturated carbocycles. The zero-order valence-electron chi connectivity index (χ0n) is 8.71. The molecule has 0 bridgehead atoms. The third-order valence-corrected chi connectivity index (χ3v) is 2.10. The third-order valence-electron chi connectivity index (χ3n) is 2.10. The van der Waals surface area contributed by atoms with E-state index in [0.29, 0.717) is 5.92 Å². The molecule has 0 radical (unpaired) electrons. The maximum Gasteiger partial charge on any atom is 0.0803 e. The lowest BCUT2D eigenvalue weighted by Crippen LogP contribution is -2.24. The van der Waals surface area contributed by atoms with E-state index in [-0.39, 0.29) is 12.2 Å². The van der Waals surface area contributed by atoms with E-state index < -0.39 is 0 Å². The number of rotatable bonds is 6. The normalized spacial score (nSPS) is 18.8. The number of hydrogen-bond acceptors (Lipinski definition) is 2. The minimum atomic E-state index is -0.362. The molecule has 0 aromatic heterocycles. The van der Waals surface area contributed by atoms with E-state index in [4.69, 9.17) is 9.84 Å². The standard InChI is InChI=1S/C10H22O2/c1-5-6-8(2)7-12-10(4)9(3)11/h8-11H,5-7H2,1-4H3/t8?,9-,10?/m0/s1. The van der Waals surface area contributed by atoms with Gasteiger partial charge in [0.15, 0.2) is 0 Å². The SMILES string of the molecule is CCCC(C)COC(C)[C@H](C)O. The molecule has 74 valence electrons. The highest BCUT2D eigenvalue weighted by molar-refractivity contribution is 4.58. The summed E-state index contributed by atoms with van der Waals surface area (Å²) >= 11 is 0. The van der Waals surface area contributed by atoms with Gasteiger partial charge in [-0.1, -0.05) is 20.3 Å². The molecule has 0 amide bonds. The van der Waals surface area contributed by atoms with Crippen LogP contribution in [0, 0.1) is 5.92 Å². The van der Waals surface area contributed by atoms with Gasteiger partial charge in [-0.25, -0.2) is 0 Å². The average molecular weight is 174 g/mol. The van der Waals surface area contributed by atoms with Crippen molar-refractivity contribution in [1.29, 1.82) is 0 Å². The predicted molar refractivity (Wildman–Crippen MR) is 51.2 cm³/mol. The van der Waals surface area contributed by atoms with Gasteiger partial charge in [0.25, 0.3) is 0 Å². The Morgan fingerprint density at radius 2 is 1.83 bits per heavy atom. The molecule has 0 rings (SSSR count). The summed E-state index contributed by atoms with van der Waals surface area (Å²) in [7, 11) is 0. The Kier molecular flexibility index (Phi) is 6.39. The number of hydrogen-bond donors (Lipinski definition) is 1. The second kappa shape index (κ2) is 6.44. The fraction of sp³-hybridized carbons (Fsp3) is 1.00. The van der Waals surface area contributed by atoms with Gasteiger partial charge in [-0.3, -0.25) is 0 Å². The van der Waals surface area contributed by atoms with Gasteiger partial charge in [-0.05, 0) is 26.2 Å². The van der Waals surface area contributed by atoms with Gasteiger partial charge in [0.1, 0.15) is 0 Å². The molecule has 2 nitrogen and oxygen atoms in total. The lowest BCUT2D eigenvalue weighted by molar-refractivity contribution is -0.0306. The quantitative estimate of drug-likeness (QED) is 0.669. The number of aliphatic hydroxyl groups excluding tert-OH is 1. The van der Waals surface area contributed by atoms with Crippen LogP contribution >= 0.6 is 0 Å². The fourth-order valence-corrected chi connectivity index (χ4v) is 1.03. The second-order valence-corrected chi connectivity index (χ2v) is 3.67. The van der Waals surface area contributed by atoms with Crippen molar-refractivity contribution in [2.75, 3.05) is 6.61 Å². The number of aliphatic hydroxyl groups is 1. The molecular weight excluding hydrogens is 152 g/mol. The number of ether oxygens (including phenoxy) is 1. The minimum Gasteiger partial charge on any atom is -0.391 e. The molecule has 0 aliphatic heterocycles. The molecule has 1 N–H and O–H groups in total. The maximum absolute atomic E-state index is 9.14. The van der Waals surface area contributed by atoms with Crippen molar-refractivity contribution in [3.63, 3.8) is 0 Å². The van der Waals surface area contributed by atoms with Crippen molar-refractivity contribution in [2.45, 2.75) is 52.7 Å². The summed E-state index contributed by atoms with van der Waals surface area (Å²) in [5.74, 6) is 0.608. The Bertz CT molecular complexity index is 102. The molecule has 0 heterocycles. The summed E-state index contributed by atoms with van der Waals surface area (Å²) in [5, 5.41) is 9.14. The Hall–Kier alpha value is -0.0800. The van der Waals surface area contributed by atoms with Crippen molar-refractivity contribution in [3.8, 4) is 0 Å². The Balaban J connectivity index is 3.40. The van der Waals surface area contributed by atoms with Gasteiger partial charge >= 0.3 is 0 Å². The van der Waals surface area contributed by atoms with Crippen molar-refractivity contribution in [2.24, 2.45) is 5.92 Å². The van der Waals surface area contributed by atoms with Gasteiger partial charge in [-0.2, -0.15) is 0 Å². The van der Waals surface area contributed by atoms with Crippen molar-refractivity contribution >= 4 is 0 Å².